The number of piperidine rings is 1. The van der Waals surface area contributed by atoms with Crippen LogP contribution in [0.15, 0.2) is 42.5 Å². The first-order chi connectivity index (χ1) is 21.1. The molecule has 1 aliphatic rings. The van der Waals surface area contributed by atoms with Crippen molar-refractivity contribution in [1.29, 1.82) is 0 Å². The highest BCUT2D eigenvalue weighted by Gasteiger charge is 2.24. The first kappa shape index (κ1) is 40.2. The smallest absolute Gasteiger partial charge is 0.320 e. The Kier molecular flexibility index (Phi) is 21.6. The number of likely N-dealkylation sites (N-methyl/N-ethyl adjacent to an activating group) is 1. The molecule has 2 aromatic rings. The number of likely N-dealkylation sites (tertiary alicyclic amines) is 1. The van der Waals surface area contributed by atoms with Gasteiger partial charge in [-0.2, -0.15) is 0 Å². The number of hydrogen-bond donors (Lipinski definition) is 3. The zero-order valence-corrected chi connectivity index (χ0v) is 27.6. The number of hydrogen-bond acceptors (Lipinski definition) is 8. The molecule has 44 heavy (non-hydrogen) atoms. The quantitative estimate of drug-likeness (QED) is 0.218. The van der Waals surface area contributed by atoms with Crippen LogP contribution in [0.25, 0.3) is 0 Å². The summed E-state index contributed by atoms with van der Waals surface area (Å²) in [7, 11) is 5.15. The number of nitrogens with one attached hydrogen (secondary N) is 1. The second kappa shape index (κ2) is 23.7. The minimum Gasteiger partial charge on any atom is -0.493 e. The fourth-order valence-corrected chi connectivity index (χ4v) is 4.25. The number of carboxylic acids is 1. The van der Waals surface area contributed by atoms with E-state index in [1.54, 1.807) is 21.1 Å². The second-order valence-electron chi connectivity index (χ2n) is 10.2. The molecule has 0 aromatic heterocycles. The second-order valence-corrected chi connectivity index (χ2v) is 10.2. The predicted octanol–water partition coefficient (Wildman–Crippen LogP) is 5.16. The number of aryl methyl sites for hydroxylation is 2. The maximum absolute atomic E-state index is 11.3. The molecule has 1 saturated heterocycles. The monoisotopic (exact) mass is 615 g/mol. The lowest BCUT2D eigenvalue weighted by Gasteiger charge is -2.28. The number of methoxy groups -OCH3 is 2. The van der Waals surface area contributed by atoms with Crippen LogP contribution >= 0.6 is 0 Å². The van der Waals surface area contributed by atoms with Gasteiger partial charge in [0, 0.05) is 11.6 Å². The molecule has 4 N–H and O–H groups in total. The van der Waals surface area contributed by atoms with Gasteiger partial charge in [0.2, 0.25) is 5.91 Å². The Bertz CT molecular complexity index is 1140. The lowest BCUT2D eigenvalue weighted by atomic mass is 10.0. The standard InChI is InChI=1S/C19H24N2O3.C7H13NO2.C6H10O2.C2H6/c1-23-17-10-9-15(12-18(17)24-2)6-3-5-14-7-4-8-16(11-14)21-19(22)13-20;1-8-5-3-2-4-6(8)7(9)10;1-3-5(2)6(8)4-7;1-2/h4,7-12H,3,5-6,13,20H2,1-2H3,(H,21,22);6H,2-5H2,1H3,(H,9,10);4-5H,3H2,1-2H3;1-2H3. The zero-order chi connectivity index (χ0) is 33.5. The van der Waals surface area contributed by atoms with Crippen LogP contribution < -0.4 is 20.5 Å². The Morgan fingerprint density at radius 1 is 1.05 bits per heavy atom. The number of benzene rings is 2. The van der Waals surface area contributed by atoms with Crippen LogP contribution in [0.1, 0.15) is 70.9 Å². The van der Waals surface area contributed by atoms with Crippen LogP contribution in [0, 0.1) is 5.92 Å². The third-order valence-corrected chi connectivity index (χ3v) is 7.04. The Balaban J connectivity index is 0.000000758. The molecule has 0 radical (unpaired) electrons. The molecule has 1 aliphatic heterocycles. The molecule has 246 valence electrons. The van der Waals surface area contributed by atoms with E-state index in [1.807, 2.05) is 63.1 Å². The first-order valence-corrected chi connectivity index (χ1v) is 15.3. The highest BCUT2D eigenvalue weighted by molar-refractivity contribution is 6.25. The van der Waals surface area contributed by atoms with Crippen molar-refractivity contribution in [3.8, 4) is 11.5 Å². The minimum atomic E-state index is -0.679. The molecule has 0 saturated carbocycles. The molecule has 0 bridgehead atoms. The van der Waals surface area contributed by atoms with E-state index in [2.05, 4.69) is 17.4 Å². The molecule has 3 rings (SSSR count). The third-order valence-electron chi connectivity index (χ3n) is 7.04. The molecule has 0 aliphatic carbocycles. The number of aliphatic carboxylic acids is 1. The van der Waals surface area contributed by atoms with Crippen molar-refractivity contribution < 1.29 is 33.8 Å². The maximum Gasteiger partial charge on any atom is 0.320 e. The van der Waals surface area contributed by atoms with Gasteiger partial charge in [0.25, 0.3) is 0 Å². The number of nitrogens with two attached hydrogens (primary N) is 1. The highest BCUT2D eigenvalue weighted by Crippen LogP contribution is 2.28. The fourth-order valence-electron chi connectivity index (χ4n) is 4.25. The van der Waals surface area contributed by atoms with Crippen LogP contribution in [-0.4, -0.2) is 74.4 Å². The van der Waals surface area contributed by atoms with Crippen molar-refractivity contribution in [2.45, 2.75) is 78.7 Å². The van der Waals surface area contributed by atoms with Gasteiger partial charge in [-0.15, -0.1) is 0 Å². The van der Waals surface area contributed by atoms with Gasteiger partial charge in [0.15, 0.2) is 23.6 Å². The topological polar surface area (TPSA) is 148 Å². The summed E-state index contributed by atoms with van der Waals surface area (Å²) in [5, 5.41) is 11.4. The summed E-state index contributed by atoms with van der Waals surface area (Å²) in [6.45, 7) is 8.54. The zero-order valence-electron chi connectivity index (χ0n) is 27.6. The number of anilines is 1. The lowest BCUT2D eigenvalue weighted by Crippen LogP contribution is -2.41. The van der Waals surface area contributed by atoms with Gasteiger partial charge in [-0.05, 0) is 87.5 Å². The molecule has 10 nitrogen and oxygen atoms in total. The van der Waals surface area contributed by atoms with Gasteiger partial charge >= 0.3 is 5.97 Å². The maximum atomic E-state index is 11.3. The highest BCUT2D eigenvalue weighted by atomic mass is 16.5. The largest absolute Gasteiger partial charge is 0.493 e. The van der Waals surface area contributed by atoms with Gasteiger partial charge in [-0.3, -0.25) is 24.1 Å². The molecular formula is C34H53N3O7. The molecule has 1 fully saturated rings. The van der Waals surface area contributed by atoms with Crippen LogP contribution in [0.4, 0.5) is 5.69 Å². The molecule has 1 heterocycles. The summed E-state index contributed by atoms with van der Waals surface area (Å²) in [6, 6.07) is 13.6. The summed E-state index contributed by atoms with van der Waals surface area (Å²) in [6.07, 6.45) is 7.02. The number of rotatable bonds is 12. The van der Waals surface area contributed by atoms with Crippen molar-refractivity contribution in [3.05, 3.63) is 53.6 Å². The number of amides is 1. The third kappa shape index (κ3) is 15.6. The fraction of sp³-hybridized carbons (Fsp3) is 0.529. The predicted molar refractivity (Wildman–Crippen MR) is 175 cm³/mol. The minimum absolute atomic E-state index is 0.0104. The van der Waals surface area contributed by atoms with Gasteiger partial charge in [0.05, 0.1) is 20.8 Å². The van der Waals surface area contributed by atoms with E-state index < -0.39 is 5.97 Å². The Hall–Kier alpha value is -3.76. The van der Waals surface area contributed by atoms with E-state index in [0.717, 1.165) is 68.7 Å². The van der Waals surface area contributed by atoms with E-state index in [-0.39, 0.29) is 30.2 Å². The molecule has 10 heteroatoms. The number of ketones is 1. The first-order valence-electron chi connectivity index (χ1n) is 15.3. The van der Waals surface area contributed by atoms with Gasteiger partial charge in [-0.1, -0.05) is 52.3 Å². The number of carbonyl (C=O) groups is 4. The lowest BCUT2D eigenvalue weighted by molar-refractivity contribution is -0.143. The number of aldehydes is 1. The number of nitrogens with zero attached hydrogens (tertiary/aromatic N) is 1. The molecule has 2 atom stereocenters. The SMILES string of the molecule is CC.CCC(C)C(=O)C=O.CN1CCCCC1C(=O)O.COc1ccc(CCCc2cccc(NC(=O)CN)c2)cc1OC. The van der Waals surface area contributed by atoms with Gasteiger partial charge < -0.3 is 25.6 Å². The Labute approximate surface area is 263 Å². The molecule has 2 unspecified atom stereocenters. The van der Waals surface area contributed by atoms with Crippen molar-refractivity contribution in [1.82, 2.24) is 4.90 Å². The van der Waals surface area contributed by atoms with Crippen LogP contribution in [-0.2, 0) is 32.0 Å². The van der Waals surface area contributed by atoms with Crippen LogP contribution in [0.5, 0.6) is 11.5 Å². The van der Waals surface area contributed by atoms with Gasteiger partial charge in [-0.25, -0.2) is 0 Å². The Morgan fingerprint density at radius 3 is 2.16 bits per heavy atom. The van der Waals surface area contributed by atoms with Crippen molar-refractivity contribution >= 4 is 29.6 Å². The average Bonchev–Trinajstić information content (AvgIpc) is 3.05. The molecule has 0 spiro atoms. The van der Waals surface area contributed by atoms with Crippen molar-refractivity contribution in [3.63, 3.8) is 0 Å². The number of ether oxygens (including phenoxy) is 2. The summed E-state index contributed by atoms with van der Waals surface area (Å²) in [5.41, 5.74) is 8.50. The summed E-state index contributed by atoms with van der Waals surface area (Å²) in [5.74, 6) is 0.241. The molecular weight excluding hydrogens is 562 g/mol. The summed E-state index contributed by atoms with van der Waals surface area (Å²) < 4.78 is 10.6. The molecule has 2 aromatic carbocycles. The van der Waals surface area contributed by atoms with E-state index in [9.17, 15) is 19.2 Å². The number of carboxylic acid groups (broad SMARTS) is 1. The van der Waals surface area contributed by atoms with Gasteiger partial charge in [0.1, 0.15) is 6.04 Å². The van der Waals surface area contributed by atoms with E-state index in [1.165, 1.54) is 11.1 Å². The number of Topliss-reactive ketones (excluding diaryl/α,β-unsaturated/α-hetero) is 1. The number of carbonyl (C=O) groups excluding carboxylic acids is 3. The van der Waals surface area contributed by atoms with E-state index >= 15 is 0 Å². The van der Waals surface area contributed by atoms with Crippen molar-refractivity contribution in [2.24, 2.45) is 11.7 Å². The Morgan fingerprint density at radius 2 is 1.68 bits per heavy atom. The van der Waals surface area contributed by atoms with E-state index in [0.29, 0.717) is 6.29 Å². The normalized spacial score (nSPS) is 14.5. The summed E-state index contributed by atoms with van der Waals surface area (Å²) in [4.78, 5) is 43.9. The average molecular weight is 616 g/mol. The summed E-state index contributed by atoms with van der Waals surface area (Å²) >= 11 is 0. The van der Waals surface area contributed by atoms with E-state index in [4.69, 9.17) is 20.3 Å². The van der Waals surface area contributed by atoms with Crippen molar-refractivity contribution in [2.75, 3.05) is 39.7 Å². The molecule has 1 amide bonds. The van der Waals surface area contributed by atoms with Crippen LogP contribution in [0.2, 0.25) is 0 Å². The van der Waals surface area contributed by atoms with Crippen LogP contribution in [0.3, 0.4) is 0 Å².